The molecule has 1 amide bonds. The number of benzene rings is 1. The van der Waals surface area contributed by atoms with Crippen molar-refractivity contribution in [2.75, 3.05) is 26.3 Å². The van der Waals surface area contributed by atoms with Crippen molar-refractivity contribution < 1.29 is 32.2 Å². The molecule has 8 heteroatoms. The van der Waals surface area contributed by atoms with Gasteiger partial charge in [-0.1, -0.05) is 24.3 Å². The third-order valence-electron chi connectivity index (χ3n) is 5.45. The Kier molecular flexibility index (Phi) is 5.25. The minimum atomic E-state index is -4.26. The first-order valence-corrected chi connectivity index (χ1v) is 8.54. The number of amides is 1. The number of piperidine rings is 1. The normalized spacial score (nSPS) is 22.1. The smallest absolute Gasteiger partial charge is 0.330 e. The van der Waals surface area contributed by atoms with E-state index in [-0.39, 0.29) is 0 Å². The molecule has 1 aromatic rings. The highest BCUT2D eigenvalue weighted by molar-refractivity contribution is 5.77. The Balaban J connectivity index is 1.55. The van der Waals surface area contributed by atoms with Gasteiger partial charge in [0.05, 0.1) is 6.10 Å². The van der Waals surface area contributed by atoms with E-state index in [1.54, 1.807) is 0 Å². The molecule has 0 aromatic heterocycles. The van der Waals surface area contributed by atoms with Crippen molar-refractivity contribution in [3.05, 3.63) is 35.4 Å². The van der Waals surface area contributed by atoms with E-state index < -0.39 is 43.0 Å². The number of halogens is 4. The molecule has 4 nitrogen and oxygen atoms in total. The van der Waals surface area contributed by atoms with Crippen LogP contribution >= 0.6 is 0 Å². The van der Waals surface area contributed by atoms with E-state index in [1.165, 1.54) is 4.90 Å². The van der Waals surface area contributed by atoms with Crippen LogP contribution in [0.2, 0.25) is 0 Å². The fourth-order valence-electron chi connectivity index (χ4n) is 3.95. The van der Waals surface area contributed by atoms with Crippen LogP contribution in [-0.2, 0) is 21.4 Å². The van der Waals surface area contributed by atoms with Crippen LogP contribution in [0.15, 0.2) is 24.3 Å². The van der Waals surface area contributed by atoms with E-state index >= 15 is 0 Å². The number of carbonyl (C=O) groups is 1. The molecular formula is C18H21F4NO3. The van der Waals surface area contributed by atoms with Crippen LogP contribution in [0, 0.1) is 0 Å². The third kappa shape index (κ3) is 3.44. The Morgan fingerprint density at radius 2 is 1.96 bits per heavy atom. The number of aliphatic hydroxyl groups excluding tert-OH is 1. The Morgan fingerprint density at radius 1 is 1.31 bits per heavy atom. The van der Waals surface area contributed by atoms with Crippen LogP contribution in [0.25, 0.3) is 0 Å². The molecule has 1 saturated heterocycles. The highest BCUT2D eigenvalue weighted by Crippen LogP contribution is 2.46. The SMILES string of the molecule is O=C(COCC(F)(F)C(F)F)N1CCC2(CC1)c1ccccc1CC2O. The number of ether oxygens (including phenoxy) is 1. The van der Waals surface area contributed by atoms with Crippen LogP contribution < -0.4 is 0 Å². The summed E-state index contributed by atoms with van der Waals surface area (Å²) in [5, 5.41) is 10.6. The molecule has 2 aliphatic rings. The molecule has 1 fully saturated rings. The number of alkyl halides is 4. The fraction of sp³-hybridized carbons (Fsp3) is 0.611. The first kappa shape index (κ1) is 19.1. The van der Waals surface area contributed by atoms with Crippen LogP contribution in [0.5, 0.6) is 0 Å². The highest BCUT2D eigenvalue weighted by atomic mass is 19.3. The summed E-state index contributed by atoms with van der Waals surface area (Å²) in [5.41, 5.74) is 1.82. The van der Waals surface area contributed by atoms with Crippen LogP contribution in [0.4, 0.5) is 17.6 Å². The zero-order valence-corrected chi connectivity index (χ0v) is 14.1. The number of likely N-dealkylation sites (tertiary alicyclic amines) is 1. The molecule has 1 unspecified atom stereocenters. The van der Waals surface area contributed by atoms with E-state index in [0.717, 1.165) is 11.1 Å². The molecule has 1 heterocycles. The zero-order valence-electron chi connectivity index (χ0n) is 14.1. The molecule has 1 N–H and O–H groups in total. The predicted molar refractivity (Wildman–Crippen MR) is 85.4 cm³/mol. The summed E-state index contributed by atoms with van der Waals surface area (Å²) in [6.45, 7) is -1.42. The second-order valence-corrected chi connectivity index (χ2v) is 6.97. The van der Waals surface area contributed by atoms with Crippen LogP contribution in [-0.4, -0.2) is 60.7 Å². The van der Waals surface area contributed by atoms with Gasteiger partial charge in [-0.15, -0.1) is 0 Å². The van der Waals surface area contributed by atoms with Crippen LogP contribution in [0.3, 0.4) is 0 Å². The summed E-state index contributed by atoms with van der Waals surface area (Å²) in [5.74, 6) is -4.77. The fourth-order valence-corrected chi connectivity index (χ4v) is 3.95. The van der Waals surface area contributed by atoms with Crippen molar-refractivity contribution in [2.45, 2.75) is 43.1 Å². The standard InChI is InChI=1S/C18H21F4NO3/c19-16(20)18(21,22)11-26-10-15(25)23-7-5-17(6-8-23)13-4-2-1-3-12(13)9-14(17)24/h1-4,14,16,24H,5-11H2. The van der Waals surface area contributed by atoms with Crippen LogP contribution in [0.1, 0.15) is 24.0 Å². The lowest BCUT2D eigenvalue weighted by atomic mass is 9.72. The maximum atomic E-state index is 12.8. The molecular weight excluding hydrogens is 354 g/mol. The number of hydrogen-bond acceptors (Lipinski definition) is 3. The second-order valence-electron chi connectivity index (χ2n) is 6.97. The van der Waals surface area contributed by atoms with Gasteiger partial charge in [0.1, 0.15) is 13.2 Å². The topological polar surface area (TPSA) is 49.8 Å². The quantitative estimate of drug-likeness (QED) is 0.804. The summed E-state index contributed by atoms with van der Waals surface area (Å²) < 4.78 is 54.2. The summed E-state index contributed by atoms with van der Waals surface area (Å²) >= 11 is 0. The Morgan fingerprint density at radius 3 is 2.62 bits per heavy atom. The lowest BCUT2D eigenvalue weighted by Crippen LogP contribution is -2.50. The van der Waals surface area contributed by atoms with Gasteiger partial charge < -0.3 is 14.7 Å². The monoisotopic (exact) mass is 375 g/mol. The van der Waals surface area contributed by atoms with Gasteiger partial charge in [0.2, 0.25) is 5.91 Å². The number of aliphatic hydroxyl groups is 1. The molecule has 1 aliphatic heterocycles. The van der Waals surface area contributed by atoms with Gasteiger partial charge in [0, 0.05) is 18.5 Å². The lowest BCUT2D eigenvalue weighted by Gasteiger charge is -2.42. The number of carbonyl (C=O) groups excluding carboxylic acids is 1. The summed E-state index contributed by atoms with van der Waals surface area (Å²) in [6.07, 6.45) is -2.64. The van der Waals surface area contributed by atoms with Gasteiger partial charge in [0.25, 0.3) is 0 Å². The predicted octanol–water partition coefficient (Wildman–Crippen LogP) is 2.38. The molecule has 26 heavy (non-hydrogen) atoms. The molecule has 0 radical (unpaired) electrons. The molecule has 1 aliphatic carbocycles. The van der Waals surface area contributed by atoms with Crippen molar-refractivity contribution >= 4 is 5.91 Å². The third-order valence-corrected chi connectivity index (χ3v) is 5.45. The minimum absolute atomic E-state index is 0.360. The first-order chi connectivity index (χ1) is 12.3. The molecule has 0 saturated carbocycles. The van der Waals surface area contributed by atoms with Crippen molar-refractivity contribution in [3.8, 4) is 0 Å². The van der Waals surface area contributed by atoms with Gasteiger partial charge in [-0.2, -0.15) is 8.78 Å². The Labute approximate surface area is 148 Å². The van der Waals surface area contributed by atoms with Gasteiger partial charge in [-0.05, 0) is 30.4 Å². The average molecular weight is 375 g/mol. The van der Waals surface area contributed by atoms with Gasteiger partial charge in [0.15, 0.2) is 0 Å². The maximum absolute atomic E-state index is 12.8. The van der Waals surface area contributed by atoms with E-state index in [4.69, 9.17) is 0 Å². The van der Waals surface area contributed by atoms with E-state index in [2.05, 4.69) is 4.74 Å². The van der Waals surface area contributed by atoms with Crippen molar-refractivity contribution in [3.63, 3.8) is 0 Å². The average Bonchev–Trinajstić information content (AvgIpc) is 2.87. The van der Waals surface area contributed by atoms with Crippen molar-refractivity contribution in [1.82, 2.24) is 4.90 Å². The van der Waals surface area contributed by atoms with Crippen molar-refractivity contribution in [2.24, 2.45) is 0 Å². The Bertz CT molecular complexity index is 660. The number of hydrogen-bond donors (Lipinski definition) is 1. The van der Waals surface area contributed by atoms with E-state index in [0.29, 0.717) is 32.4 Å². The highest BCUT2D eigenvalue weighted by Gasteiger charge is 2.48. The molecule has 0 bridgehead atoms. The first-order valence-electron chi connectivity index (χ1n) is 8.54. The molecule has 1 spiro atoms. The maximum Gasteiger partial charge on any atom is 0.330 e. The number of fused-ring (bicyclic) bond motifs is 2. The molecule has 1 aromatic carbocycles. The zero-order chi connectivity index (χ0) is 18.9. The largest absolute Gasteiger partial charge is 0.392 e. The van der Waals surface area contributed by atoms with Gasteiger partial charge in [-0.3, -0.25) is 4.79 Å². The summed E-state index contributed by atoms with van der Waals surface area (Å²) in [6, 6.07) is 7.84. The Hall–Kier alpha value is -1.67. The van der Waals surface area contributed by atoms with Gasteiger partial charge in [-0.25, -0.2) is 8.78 Å². The lowest BCUT2D eigenvalue weighted by molar-refractivity contribution is -0.171. The van der Waals surface area contributed by atoms with Crippen molar-refractivity contribution in [1.29, 1.82) is 0 Å². The van der Waals surface area contributed by atoms with E-state index in [9.17, 15) is 27.5 Å². The summed E-state index contributed by atoms with van der Waals surface area (Å²) in [7, 11) is 0. The molecule has 1 atom stereocenters. The summed E-state index contributed by atoms with van der Waals surface area (Å²) in [4.78, 5) is 13.6. The second kappa shape index (κ2) is 7.15. The van der Waals surface area contributed by atoms with E-state index in [1.807, 2.05) is 24.3 Å². The molecule has 144 valence electrons. The van der Waals surface area contributed by atoms with Gasteiger partial charge >= 0.3 is 12.3 Å². The molecule has 3 rings (SSSR count). The number of nitrogens with zero attached hydrogens (tertiary/aromatic N) is 1. The minimum Gasteiger partial charge on any atom is -0.392 e. The number of rotatable bonds is 5.